The summed E-state index contributed by atoms with van der Waals surface area (Å²) < 4.78 is 26.2. The van der Waals surface area contributed by atoms with Gasteiger partial charge in [-0.3, -0.25) is 10.1 Å². The Balaban J connectivity index is 2.74. The molecule has 0 radical (unpaired) electrons. The Bertz CT molecular complexity index is 527. The molecule has 1 aromatic rings. The number of nitro groups is 1. The lowest BCUT2D eigenvalue weighted by molar-refractivity contribution is -0.384. The molecule has 106 valence electrons. The van der Waals surface area contributed by atoms with Crippen LogP contribution in [0.25, 0.3) is 0 Å². The first-order valence-electron chi connectivity index (χ1n) is 5.72. The number of aliphatic hydroxyl groups is 1. The average Bonchev–Trinajstić information content (AvgIpc) is 2.37. The van der Waals surface area contributed by atoms with Crippen molar-refractivity contribution in [1.82, 2.24) is 4.72 Å². The number of sulfonamides is 1. The summed E-state index contributed by atoms with van der Waals surface area (Å²) in [5.74, 6) is 0.0119. The molecular weight excluding hydrogens is 272 g/mol. The van der Waals surface area contributed by atoms with Gasteiger partial charge in [-0.25, -0.2) is 13.1 Å². The summed E-state index contributed by atoms with van der Waals surface area (Å²) in [6, 6.07) is 4.67. The van der Waals surface area contributed by atoms with Crippen LogP contribution in [0.3, 0.4) is 0 Å². The van der Waals surface area contributed by atoms with Gasteiger partial charge >= 0.3 is 0 Å². The van der Waals surface area contributed by atoms with Crippen LogP contribution in [0.15, 0.2) is 29.2 Å². The molecule has 0 aromatic heterocycles. The van der Waals surface area contributed by atoms with Crippen molar-refractivity contribution in [3.8, 4) is 0 Å². The monoisotopic (exact) mass is 288 g/mol. The van der Waals surface area contributed by atoms with Crippen LogP contribution in [0.5, 0.6) is 0 Å². The van der Waals surface area contributed by atoms with Gasteiger partial charge in [-0.2, -0.15) is 0 Å². The van der Waals surface area contributed by atoms with Gasteiger partial charge in [0.05, 0.1) is 9.82 Å². The highest BCUT2D eigenvalue weighted by Crippen LogP contribution is 2.15. The lowest BCUT2D eigenvalue weighted by atomic mass is 10.1. The first-order chi connectivity index (χ1) is 8.86. The molecule has 1 atom stereocenters. The van der Waals surface area contributed by atoms with E-state index in [1.807, 2.05) is 6.92 Å². The maximum Gasteiger partial charge on any atom is 0.269 e. The summed E-state index contributed by atoms with van der Waals surface area (Å²) in [5, 5.41) is 19.2. The Hall–Kier alpha value is -1.51. The third kappa shape index (κ3) is 4.58. The molecule has 0 spiro atoms. The Kier molecular flexibility index (Phi) is 5.40. The van der Waals surface area contributed by atoms with Gasteiger partial charge in [0.15, 0.2) is 0 Å². The van der Waals surface area contributed by atoms with Crippen molar-refractivity contribution in [3.05, 3.63) is 34.4 Å². The molecule has 1 unspecified atom stereocenters. The number of rotatable bonds is 7. The van der Waals surface area contributed by atoms with E-state index in [2.05, 4.69) is 4.72 Å². The fourth-order valence-corrected chi connectivity index (χ4v) is 2.57. The van der Waals surface area contributed by atoms with Gasteiger partial charge in [0.2, 0.25) is 10.0 Å². The minimum absolute atomic E-state index is 0.000423. The molecule has 1 rings (SSSR count). The summed E-state index contributed by atoms with van der Waals surface area (Å²) in [4.78, 5) is 9.86. The lowest BCUT2D eigenvalue weighted by Gasteiger charge is -2.11. The van der Waals surface area contributed by atoms with E-state index in [4.69, 9.17) is 5.11 Å². The SMILES string of the molecule is CC(CCO)CNS(=O)(=O)c1ccc([N+](=O)[O-])cc1. The minimum Gasteiger partial charge on any atom is -0.396 e. The molecule has 19 heavy (non-hydrogen) atoms. The van der Waals surface area contributed by atoms with Crippen LogP contribution in [0.4, 0.5) is 5.69 Å². The predicted octanol–water partition coefficient (Wildman–Crippen LogP) is 0.892. The molecule has 7 nitrogen and oxygen atoms in total. The molecule has 0 saturated heterocycles. The number of nitrogens with one attached hydrogen (secondary N) is 1. The van der Waals surface area contributed by atoms with E-state index in [1.165, 1.54) is 12.1 Å². The van der Waals surface area contributed by atoms with Gasteiger partial charge in [-0.05, 0) is 24.5 Å². The number of nitrogens with zero attached hydrogens (tertiary/aromatic N) is 1. The molecular formula is C11H16N2O5S. The van der Waals surface area contributed by atoms with Crippen LogP contribution in [-0.2, 0) is 10.0 Å². The Morgan fingerprint density at radius 2 is 1.95 bits per heavy atom. The van der Waals surface area contributed by atoms with Crippen LogP contribution in [0, 0.1) is 16.0 Å². The Morgan fingerprint density at radius 1 is 1.37 bits per heavy atom. The van der Waals surface area contributed by atoms with Crippen molar-refractivity contribution >= 4 is 15.7 Å². The topological polar surface area (TPSA) is 110 Å². The van der Waals surface area contributed by atoms with Crippen molar-refractivity contribution in [2.45, 2.75) is 18.2 Å². The smallest absolute Gasteiger partial charge is 0.269 e. The van der Waals surface area contributed by atoms with Crippen LogP contribution in [-0.4, -0.2) is 31.6 Å². The first kappa shape index (κ1) is 15.5. The Labute approximate surface area is 111 Å². The summed E-state index contributed by atoms with van der Waals surface area (Å²) in [7, 11) is -3.67. The van der Waals surface area contributed by atoms with Crippen molar-refractivity contribution < 1.29 is 18.4 Å². The van der Waals surface area contributed by atoms with Crippen LogP contribution in [0.1, 0.15) is 13.3 Å². The largest absolute Gasteiger partial charge is 0.396 e. The molecule has 0 amide bonds. The van der Waals surface area contributed by atoms with E-state index in [0.717, 1.165) is 12.1 Å². The van der Waals surface area contributed by atoms with E-state index < -0.39 is 14.9 Å². The van der Waals surface area contributed by atoms with E-state index >= 15 is 0 Å². The van der Waals surface area contributed by atoms with Crippen LogP contribution < -0.4 is 4.72 Å². The second-order valence-electron chi connectivity index (χ2n) is 4.22. The zero-order valence-corrected chi connectivity index (χ0v) is 11.3. The van der Waals surface area contributed by atoms with E-state index in [0.29, 0.717) is 6.42 Å². The van der Waals surface area contributed by atoms with Gasteiger partial charge in [0, 0.05) is 25.3 Å². The van der Waals surface area contributed by atoms with Crippen molar-refractivity contribution in [1.29, 1.82) is 0 Å². The fraction of sp³-hybridized carbons (Fsp3) is 0.455. The fourth-order valence-electron chi connectivity index (χ4n) is 1.40. The molecule has 0 aliphatic rings. The summed E-state index contributed by atoms with van der Waals surface area (Å²) in [5.41, 5.74) is -0.160. The van der Waals surface area contributed by atoms with Gasteiger partial charge in [-0.1, -0.05) is 6.92 Å². The molecule has 2 N–H and O–H groups in total. The number of aliphatic hydroxyl groups excluding tert-OH is 1. The first-order valence-corrected chi connectivity index (χ1v) is 7.20. The van der Waals surface area contributed by atoms with Crippen LogP contribution >= 0.6 is 0 Å². The quantitative estimate of drug-likeness (QED) is 0.572. The third-order valence-electron chi connectivity index (χ3n) is 2.60. The number of hydrogen-bond acceptors (Lipinski definition) is 5. The normalized spacial score (nSPS) is 13.2. The number of nitro benzene ring substituents is 1. The van der Waals surface area contributed by atoms with Crippen molar-refractivity contribution in [2.24, 2.45) is 5.92 Å². The van der Waals surface area contributed by atoms with Gasteiger partial charge in [0.1, 0.15) is 0 Å². The van der Waals surface area contributed by atoms with E-state index in [-0.39, 0.29) is 29.7 Å². The molecule has 0 heterocycles. The van der Waals surface area contributed by atoms with E-state index in [9.17, 15) is 18.5 Å². The minimum atomic E-state index is -3.67. The van der Waals surface area contributed by atoms with Gasteiger partial charge in [-0.15, -0.1) is 0 Å². The lowest BCUT2D eigenvalue weighted by Crippen LogP contribution is -2.28. The molecule has 1 aromatic carbocycles. The standard InChI is InChI=1S/C11H16N2O5S/c1-9(6-7-14)8-12-19(17,18)11-4-2-10(3-5-11)13(15)16/h2-5,9,12,14H,6-8H2,1H3. The van der Waals surface area contributed by atoms with E-state index in [1.54, 1.807) is 0 Å². The second kappa shape index (κ2) is 6.60. The molecule has 0 saturated carbocycles. The van der Waals surface area contributed by atoms with Gasteiger partial charge < -0.3 is 5.11 Å². The molecule has 0 fully saturated rings. The Morgan fingerprint density at radius 3 is 2.42 bits per heavy atom. The summed E-state index contributed by atoms with van der Waals surface area (Å²) in [6.45, 7) is 2.02. The zero-order valence-electron chi connectivity index (χ0n) is 10.4. The van der Waals surface area contributed by atoms with Crippen molar-refractivity contribution in [3.63, 3.8) is 0 Å². The predicted molar refractivity (Wildman–Crippen MR) is 69.2 cm³/mol. The molecule has 0 aliphatic heterocycles. The zero-order chi connectivity index (χ0) is 14.5. The second-order valence-corrected chi connectivity index (χ2v) is 5.99. The van der Waals surface area contributed by atoms with Crippen molar-refractivity contribution in [2.75, 3.05) is 13.2 Å². The number of hydrogen-bond donors (Lipinski definition) is 2. The molecule has 8 heteroatoms. The van der Waals surface area contributed by atoms with Crippen LogP contribution in [0.2, 0.25) is 0 Å². The third-order valence-corrected chi connectivity index (χ3v) is 4.04. The average molecular weight is 288 g/mol. The summed E-state index contributed by atoms with van der Waals surface area (Å²) in [6.07, 6.45) is 0.503. The maximum atomic E-state index is 11.9. The molecule has 0 bridgehead atoms. The highest BCUT2D eigenvalue weighted by molar-refractivity contribution is 7.89. The number of benzene rings is 1. The molecule has 0 aliphatic carbocycles. The number of non-ortho nitro benzene ring substituents is 1. The highest BCUT2D eigenvalue weighted by Gasteiger charge is 2.16. The summed E-state index contributed by atoms with van der Waals surface area (Å²) >= 11 is 0. The highest BCUT2D eigenvalue weighted by atomic mass is 32.2. The maximum absolute atomic E-state index is 11.9. The van der Waals surface area contributed by atoms with Gasteiger partial charge in [0.25, 0.3) is 5.69 Å².